The Kier molecular flexibility index (Phi) is 5.56. The molecule has 1 fully saturated rings. The first-order valence-corrected chi connectivity index (χ1v) is 10.8. The smallest absolute Gasteiger partial charge is 0.318 e. The molecule has 1 aromatic carbocycles. The van der Waals surface area contributed by atoms with Crippen LogP contribution in [0.15, 0.2) is 35.1 Å². The number of hydrogen-bond acceptors (Lipinski definition) is 5. The summed E-state index contributed by atoms with van der Waals surface area (Å²) >= 11 is 7.55. The van der Waals surface area contributed by atoms with Crippen LogP contribution < -0.4 is 10.9 Å². The zero-order valence-corrected chi connectivity index (χ0v) is 17.8. The molecule has 9 heteroatoms. The summed E-state index contributed by atoms with van der Waals surface area (Å²) in [6.07, 6.45) is 1.70. The standard InChI is InChI=1S/C20H22ClN5O2S/c1-12(2)15-10-17(27)26-20(23-15)29-18(24-26)16-8-5-9-25(16)19(28)22-11-13-6-3-4-7-14(13)21/h3-4,6-7,10,12,16H,5,8-9,11H2,1-2H3,(H,22,28)/t16-/m1/s1. The second kappa shape index (κ2) is 8.12. The molecule has 0 aliphatic carbocycles. The topological polar surface area (TPSA) is 79.6 Å². The van der Waals surface area contributed by atoms with Gasteiger partial charge >= 0.3 is 6.03 Å². The van der Waals surface area contributed by atoms with Gasteiger partial charge in [-0.25, -0.2) is 9.78 Å². The number of carbonyl (C=O) groups is 1. The summed E-state index contributed by atoms with van der Waals surface area (Å²) in [5.41, 5.74) is 1.44. The van der Waals surface area contributed by atoms with Crippen LogP contribution in [-0.2, 0) is 6.54 Å². The Morgan fingerprint density at radius 1 is 1.38 bits per heavy atom. The van der Waals surface area contributed by atoms with Gasteiger partial charge in [0.1, 0.15) is 5.01 Å². The van der Waals surface area contributed by atoms with E-state index in [0.717, 1.165) is 29.1 Å². The summed E-state index contributed by atoms with van der Waals surface area (Å²) in [6, 6.07) is 8.66. The maximum absolute atomic E-state index is 12.8. The van der Waals surface area contributed by atoms with E-state index >= 15 is 0 Å². The first kappa shape index (κ1) is 19.8. The quantitative estimate of drug-likeness (QED) is 0.677. The number of halogens is 1. The minimum Gasteiger partial charge on any atom is -0.334 e. The normalized spacial score (nSPS) is 16.7. The SMILES string of the molecule is CC(C)c1cc(=O)n2nc([C@H]3CCCN3C(=O)NCc3ccccc3Cl)sc2n1. The van der Waals surface area contributed by atoms with Crippen LogP contribution in [0.2, 0.25) is 5.02 Å². The van der Waals surface area contributed by atoms with Crippen LogP contribution in [0.1, 0.15) is 54.9 Å². The van der Waals surface area contributed by atoms with E-state index in [2.05, 4.69) is 15.4 Å². The zero-order chi connectivity index (χ0) is 20.5. The lowest BCUT2D eigenvalue weighted by atomic mass is 10.1. The third kappa shape index (κ3) is 4.00. The highest BCUT2D eigenvalue weighted by molar-refractivity contribution is 7.16. The lowest BCUT2D eigenvalue weighted by Gasteiger charge is -2.23. The second-order valence-electron chi connectivity index (χ2n) is 7.41. The molecular weight excluding hydrogens is 410 g/mol. The second-order valence-corrected chi connectivity index (χ2v) is 8.80. The van der Waals surface area contributed by atoms with Gasteiger partial charge in [-0.2, -0.15) is 9.61 Å². The minimum atomic E-state index is -0.186. The molecule has 0 bridgehead atoms. The van der Waals surface area contributed by atoms with Crippen molar-refractivity contribution in [3.05, 3.63) is 62.0 Å². The Morgan fingerprint density at radius 2 is 2.17 bits per heavy atom. The average Bonchev–Trinajstić information content (AvgIpc) is 3.34. The Morgan fingerprint density at radius 3 is 2.93 bits per heavy atom. The minimum absolute atomic E-state index is 0.158. The fourth-order valence-electron chi connectivity index (χ4n) is 3.45. The van der Waals surface area contributed by atoms with Crippen LogP contribution in [0.5, 0.6) is 0 Å². The van der Waals surface area contributed by atoms with E-state index in [1.807, 2.05) is 32.0 Å². The molecule has 1 saturated heterocycles. The van der Waals surface area contributed by atoms with Crippen LogP contribution in [0.25, 0.3) is 4.96 Å². The molecule has 0 saturated carbocycles. The third-order valence-electron chi connectivity index (χ3n) is 5.06. The molecule has 4 rings (SSSR count). The van der Waals surface area contributed by atoms with Gasteiger partial charge < -0.3 is 10.2 Å². The van der Waals surface area contributed by atoms with Crippen LogP contribution >= 0.6 is 22.9 Å². The van der Waals surface area contributed by atoms with Gasteiger partial charge in [0.05, 0.1) is 11.7 Å². The van der Waals surface area contributed by atoms with E-state index in [1.54, 1.807) is 11.0 Å². The van der Waals surface area contributed by atoms with Gasteiger partial charge in [0.2, 0.25) is 4.96 Å². The molecule has 2 aromatic heterocycles. The molecular formula is C20H22ClN5O2S. The summed E-state index contributed by atoms with van der Waals surface area (Å²) in [7, 11) is 0. The molecule has 0 spiro atoms. The average molecular weight is 432 g/mol. The van der Waals surface area contributed by atoms with Crippen molar-refractivity contribution in [1.82, 2.24) is 24.8 Å². The summed E-state index contributed by atoms with van der Waals surface area (Å²) in [5.74, 6) is 0.164. The monoisotopic (exact) mass is 431 g/mol. The number of benzene rings is 1. The fourth-order valence-corrected chi connectivity index (χ4v) is 4.72. The van der Waals surface area contributed by atoms with E-state index in [0.29, 0.717) is 23.1 Å². The van der Waals surface area contributed by atoms with Gasteiger partial charge in [-0.3, -0.25) is 4.79 Å². The fraction of sp³-hybridized carbons (Fsp3) is 0.400. The van der Waals surface area contributed by atoms with Crippen molar-refractivity contribution in [3.63, 3.8) is 0 Å². The lowest BCUT2D eigenvalue weighted by molar-refractivity contribution is 0.192. The molecule has 1 atom stereocenters. The van der Waals surface area contributed by atoms with Crippen molar-refractivity contribution in [3.8, 4) is 0 Å². The molecule has 1 aliphatic heterocycles. The highest BCUT2D eigenvalue weighted by Crippen LogP contribution is 2.34. The van der Waals surface area contributed by atoms with Crippen molar-refractivity contribution in [2.24, 2.45) is 0 Å². The number of carbonyl (C=O) groups excluding carboxylic acids is 1. The van der Waals surface area contributed by atoms with Crippen LogP contribution in [0.3, 0.4) is 0 Å². The van der Waals surface area contributed by atoms with Crippen molar-refractivity contribution < 1.29 is 4.79 Å². The van der Waals surface area contributed by atoms with Gasteiger partial charge in [0, 0.05) is 24.2 Å². The Labute approximate surface area is 177 Å². The first-order chi connectivity index (χ1) is 13.9. The van der Waals surface area contributed by atoms with Gasteiger partial charge in [-0.1, -0.05) is 55.0 Å². The first-order valence-electron chi connectivity index (χ1n) is 9.62. The highest BCUT2D eigenvalue weighted by atomic mass is 35.5. The van der Waals surface area contributed by atoms with E-state index in [4.69, 9.17) is 11.6 Å². The number of urea groups is 1. The zero-order valence-electron chi connectivity index (χ0n) is 16.3. The number of rotatable bonds is 4. The summed E-state index contributed by atoms with van der Waals surface area (Å²) in [6.45, 7) is 5.01. The van der Waals surface area contributed by atoms with Crippen molar-refractivity contribution in [2.45, 2.75) is 45.2 Å². The molecule has 0 unspecified atom stereocenters. The molecule has 3 heterocycles. The molecule has 1 N–H and O–H groups in total. The summed E-state index contributed by atoms with van der Waals surface area (Å²) in [5, 5.41) is 8.79. The van der Waals surface area contributed by atoms with Gasteiger partial charge in [-0.15, -0.1) is 0 Å². The molecule has 29 heavy (non-hydrogen) atoms. The molecule has 1 aliphatic rings. The number of fused-ring (bicyclic) bond motifs is 1. The van der Waals surface area contributed by atoms with Crippen LogP contribution in [0.4, 0.5) is 4.79 Å². The Bertz CT molecular complexity index is 1110. The number of nitrogens with zero attached hydrogens (tertiary/aromatic N) is 4. The molecule has 3 aromatic rings. The van der Waals surface area contributed by atoms with Gasteiger partial charge in [0.25, 0.3) is 5.56 Å². The Balaban J connectivity index is 1.55. The lowest BCUT2D eigenvalue weighted by Crippen LogP contribution is -2.39. The van der Waals surface area contributed by atoms with Crippen molar-refractivity contribution in [1.29, 1.82) is 0 Å². The van der Waals surface area contributed by atoms with E-state index < -0.39 is 0 Å². The molecule has 152 valence electrons. The van der Waals surface area contributed by atoms with Crippen LogP contribution in [-0.4, -0.2) is 32.1 Å². The number of nitrogens with one attached hydrogen (secondary N) is 1. The van der Waals surface area contributed by atoms with Crippen molar-refractivity contribution in [2.75, 3.05) is 6.54 Å². The summed E-state index contributed by atoms with van der Waals surface area (Å²) < 4.78 is 1.34. The van der Waals surface area contributed by atoms with Crippen molar-refractivity contribution >= 4 is 33.9 Å². The third-order valence-corrected chi connectivity index (χ3v) is 6.44. The number of amides is 2. The van der Waals surface area contributed by atoms with Gasteiger partial charge in [0.15, 0.2) is 0 Å². The predicted octanol–water partition coefficient (Wildman–Crippen LogP) is 3.97. The maximum Gasteiger partial charge on any atom is 0.318 e. The largest absolute Gasteiger partial charge is 0.334 e. The van der Waals surface area contributed by atoms with Crippen LogP contribution in [0, 0.1) is 0 Å². The summed E-state index contributed by atoms with van der Waals surface area (Å²) in [4.78, 5) is 32.1. The number of aromatic nitrogens is 3. The van der Waals surface area contributed by atoms with Gasteiger partial charge in [-0.05, 0) is 30.4 Å². The van der Waals surface area contributed by atoms with E-state index in [1.165, 1.54) is 21.9 Å². The highest BCUT2D eigenvalue weighted by Gasteiger charge is 2.33. The molecule has 2 amide bonds. The van der Waals surface area contributed by atoms with E-state index in [9.17, 15) is 9.59 Å². The molecule has 7 nitrogen and oxygen atoms in total. The number of hydrogen-bond donors (Lipinski definition) is 1. The van der Waals surface area contributed by atoms with E-state index in [-0.39, 0.29) is 23.6 Å². The molecule has 0 radical (unpaired) electrons. The maximum atomic E-state index is 12.8. The number of likely N-dealkylation sites (tertiary alicyclic amines) is 1. The Hall–Kier alpha value is -2.45. The predicted molar refractivity (Wildman–Crippen MR) is 114 cm³/mol.